The minimum Gasteiger partial charge on any atom is -0.412 e. The van der Waals surface area contributed by atoms with Crippen LogP contribution in [0.2, 0.25) is 0 Å². The van der Waals surface area contributed by atoms with Gasteiger partial charge in [-0.05, 0) is 19.1 Å². The van der Waals surface area contributed by atoms with Crippen molar-refractivity contribution >= 4 is 17.8 Å². The van der Waals surface area contributed by atoms with Crippen molar-refractivity contribution in [3.63, 3.8) is 0 Å². The van der Waals surface area contributed by atoms with Gasteiger partial charge in [0.15, 0.2) is 5.82 Å². The molecule has 0 aliphatic carbocycles. The van der Waals surface area contributed by atoms with Crippen LogP contribution in [0.1, 0.15) is 16.4 Å². The summed E-state index contributed by atoms with van der Waals surface area (Å²) in [5, 5.41) is 15.3. The van der Waals surface area contributed by atoms with Crippen LogP contribution in [0, 0.1) is 6.92 Å². The number of benzene rings is 1. The molecular weight excluding hydrogens is 302 g/mol. The average molecular weight is 313 g/mol. The second-order valence-electron chi connectivity index (χ2n) is 4.51. The molecule has 1 aromatic carbocycles. The zero-order chi connectivity index (χ0) is 16.2. The lowest BCUT2D eigenvalue weighted by Crippen LogP contribution is -2.34. The Morgan fingerprint density at radius 1 is 1.13 bits per heavy atom. The van der Waals surface area contributed by atoms with E-state index in [1.165, 1.54) is 6.07 Å². The fourth-order valence-corrected chi connectivity index (χ4v) is 1.74. The predicted octanol–water partition coefficient (Wildman–Crippen LogP) is 1.99. The maximum Gasteiger partial charge on any atom is 0.327 e. The van der Waals surface area contributed by atoms with E-state index in [4.69, 9.17) is 8.94 Å². The summed E-state index contributed by atoms with van der Waals surface area (Å²) in [6.45, 7) is 1.67. The number of rotatable bonds is 3. The first kappa shape index (κ1) is 14.4. The van der Waals surface area contributed by atoms with E-state index in [-0.39, 0.29) is 17.6 Å². The molecule has 0 atom stereocenters. The maximum atomic E-state index is 11.9. The van der Waals surface area contributed by atoms with Gasteiger partial charge in [-0.25, -0.2) is 4.79 Å². The first-order valence-corrected chi connectivity index (χ1v) is 6.56. The third-order valence-corrected chi connectivity index (χ3v) is 2.74. The fraction of sp³-hybridized carbons (Fsp3) is 0.0714. The summed E-state index contributed by atoms with van der Waals surface area (Å²) < 4.78 is 10.0. The number of imide groups is 1. The van der Waals surface area contributed by atoms with Gasteiger partial charge in [-0.15, -0.1) is 10.2 Å². The van der Waals surface area contributed by atoms with Gasteiger partial charge in [0.25, 0.3) is 0 Å². The Morgan fingerprint density at radius 3 is 2.61 bits per heavy atom. The number of urea groups is 1. The molecule has 0 bridgehead atoms. The van der Waals surface area contributed by atoms with Gasteiger partial charge < -0.3 is 8.94 Å². The number of nitrogens with zero attached hydrogens (tertiary/aromatic N) is 3. The van der Waals surface area contributed by atoms with Crippen LogP contribution in [0.5, 0.6) is 0 Å². The number of hydrogen-bond donors (Lipinski definition) is 2. The molecule has 0 aliphatic heterocycles. The van der Waals surface area contributed by atoms with E-state index in [0.717, 1.165) is 0 Å². The summed E-state index contributed by atoms with van der Waals surface area (Å²) in [6.07, 6.45) is 0. The molecule has 2 N–H and O–H groups in total. The zero-order valence-corrected chi connectivity index (χ0v) is 11.9. The number of amides is 3. The highest BCUT2D eigenvalue weighted by Gasteiger charge is 2.18. The molecule has 0 saturated heterocycles. The molecule has 9 heteroatoms. The lowest BCUT2D eigenvalue weighted by molar-refractivity contribution is 0.0933. The summed E-state index contributed by atoms with van der Waals surface area (Å²) in [5.74, 6) is -0.254. The Morgan fingerprint density at radius 2 is 1.91 bits per heavy atom. The van der Waals surface area contributed by atoms with Crippen LogP contribution in [0.3, 0.4) is 0 Å². The number of hydrogen-bond acceptors (Lipinski definition) is 7. The summed E-state index contributed by atoms with van der Waals surface area (Å²) in [6, 6.07) is 9.67. The molecular formula is C14H11N5O4. The van der Waals surface area contributed by atoms with Gasteiger partial charge in [-0.2, -0.15) is 0 Å². The van der Waals surface area contributed by atoms with E-state index in [1.54, 1.807) is 31.2 Å². The summed E-state index contributed by atoms with van der Waals surface area (Å²) in [5.41, 5.74) is 0.668. The highest BCUT2D eigenvalue weighted by atomic mass is 16.5. The Kier molecular flexibility index (Phi) is 3.83. The molecule has 0 radical (unpaired) electrons. The van der Waals surface area contributed by atoms with Gasteiger partial charge >= 0.3 is 17.8 Å². The number of carbonyl (C=O) groups excluding carboxylic acids is 2. The van der Waals surface area contributed by atoms with Crippen molar-refractivity contribution in [2.75, 3.05) is 5.32 Å². The molecule has 2 aromatic heterocycles. The summed E-state index contributed by atoms with van der Waals surface area (Å²) in [7, 11) is 0. The lowest BCUT2D eigenvalue weighted by Gasteiger charge is -2.00. The van der Waals surface area contributed by atoms with E-state index >= 15 is 0 Å². The minimum absolute atomic E-state index is 0.184. The Labute approximate surface area is 129 Å². The van der Waals surface area contributed by atoms with Crippen molar-refractivity contribution in [3.8, 4) is 11.5 Å². The highest BCUT2D eigenvalue weighted by Crippen LogP contribution is 2.16. The lowest BCUT2D eigenvalue weighted by atomic mass is 10.2. The van der Waals surface area contributed by atoms with Crippen LogP contribution in [-0.4, -0.2) is 27.3 Å². The third kappa shape index (κ3) is 3.40. The van der Waals surface area contributed by atoms with E-state index in [1.807, 2.05) is 6.07 Å². The van der Waals surface area contributed by atoms with Crippen molar-refractivity contribution in [2.45, 2.75) is 6.92 Å². The molecule has 116 valence electrons. The molecule has 0 spiro atoms. The quantitative estimate of drug-likeness (QED) is 0.757. The highest BCUT2D eigenvalue weighted by molar-refractivity contribution is 6.05. The van der Waals surface area contributed by atoms with Gasteiger partial charge in [-0.1, -0.05) is 23.4 Å². The van der Waals surface area contributed by atoms with Crippen LogP contribution in [0.4, 0.5) is 10.6 Å². The van der Waals surface area contributed by atoms with Gasteiger partial charge in [-0.3, -0.25) is 15.4 Å². The Balaban J connectivity index is 1.64. The molecule has 23 heavy (non-hydrogen) atoms. The normalized spacial score (nSPS) is 10.3. The van der Waals surface area contributed by atoms with Crippen LogP contribution in [-0.2, 0) is 0 Å². The predicted molar refractivity (Wildman–Crippen MR) is 77.5 cm³/mol. The van der Waals surface area contributed by atoms with Crippen molar-refractivity contribution in [1.29, 1.82) is 0 Å². The second kappa shape index (κ2) is 6.10. The Hall–Kier alpha value is -3.49. The minimum atomic E-state index is -0.822. The first-order valence-electron chi connectivity index (χ1n) is 6.56. The van der Waals surface area contributed by atoms with Gasteiger partial charge in [0, 0.05) is 11.6 Å². The van der Waals surface area contributed by atoms with Crippen molar-refractivity contribution in [3.05, 3.63) is 48.0 Å². The molecule has 3 aromatic rings. The number of nitrogens with one attached hydrogen (secondary N) is 2. The Bertz CT molecular complexity index is 840. The summed E-state index contributed by atoms with van der Waals surface area (Å²) in [4.78, 5) is 23.6. The van der Waals surface area contributed by atoms with Gasteiger partial charge in [0.2, 0.25) is 5.89 Å². The van der Waals surface area contributed by atoms with Crippen LogP contribution < -0.4 is 10.6 Å². The van der Waals surface area contributed by atoms with Gasteiger partial charge in [0.05, 0.1) is 0 Å². The SMILES string of the molecule is Cc1cc(NC(=O)NC(=O)c2nnc(-c3ccccc3)o2)no1. The molecule has 9 nitrogen and oxygen atoms in total. The average Bonchev–Trinajstić information content (AvgIpc) is 3.17. The van der Waals surface area contributed by atoms with Crippen molar-refractivity contribution in [2.24, 2.45) is 0 Å². The zero-order valence-electron chi connectivity index (χ0n) is 11.9. The molecule has 3 amide bonds. The van der Waals surface area contributed by atoms with E-state index < -0.39 is 11.9 Å². The molecule has 2 heterocycles. The largest absolute Gasteiger partial charge is 0.412 e. The number of carbonyl (C=O) groups is 2. The summed E-state index contributed by atoms with van der Waals surface area (Å²) >= 11 is 0. The monoisotopic (exact) mass is 313 g/mol. The molecule has 0 unspecified atom stereocenters. The molecule has 0 aliphatic rings. The standard InChI is InChI=1S/C14H11N5O4/c1-8-7-10(19-23-8)15-14(21)16-11(20)13-18-17-12(22-13)9-5-3-2-4-6-9/h2-7H,1H3,(H2,15,16,19,20,21). The van der Waals surface area contributed by atoms with E-state index in [0.29, 0.717) is 11.3 Å². The van der Waals surface area contributed by atoms with Crippen LogP contribution in [0.15, 0.2) is 45.3 Å². The topological polar surface area (TPSA) is 123 Å². The number of aromatic nitrogens is 3. The second-order valence-corrected chi connectivity index (χ2v) is 4.51. The molecule has 3 rings (SSSR count). The van der Waals surface area contributed by atoms with E-state index in [9.17, 15) is 9.59 Å². The molecule has 0 fully saturated rings. The fourth-order valence-electron chi connectivity index (χ4n) is 1.74. The van der Waals surface area contributed by atoms with Crippen molar-refractivity contribution in [1.82, 2.24) is 20.7 Å². The van der Waals surface area contributed by atoms with Crippen LogP contribution >= 0.6 is 0 Å². The smallest absolute Gasteiger partial charge is 0.327 e. The number of anilines is 1. The van der Waals surface area contributed by atoms with E-state index in [2.05, 4.69) is 26.0 Å². The third-order valence-electron chi connectivity index (χ3n) is 2.74. The van der Waals surface area contributed by atoms with Crippen LogP contribution in [0.25, 0.3) is 11.5 Å². The first-order chi connectivity index (χ1) is 11.1. The number of aryl methyl sites for hydroxylation is 1. The maximum absolute atomic E-state index is 11.9. The van der Waals surface area contributed by atoms with Crippen molar-refractivity contribution < 1.29 is 18.5 Å². The molecule has 0 saturated carbocycles. The van der Waals surface area contributed by atoms with Gasteiger partial charge in [0.1, 0.15) is 5.76 Å².